The van der Waals surface area contributed by atoms with Crippen molar-refractivity contribution in [1.82, 2.24) is 4.72 Å². The van der Waals surface area contributed by atoms with Crippen molar-refractivity contribution in [1.29, 1.82) is 0 Å². The van der Waals surface area contributed by atoms with E-state index in [4.69, 9.17) is 0 Å². The number of hydrogen-bond donors (Lipinski definition) is 1. The summed E-state index contributed by atoms with van der Waals surface area (Å²) in [4.78, 5) is 0. The summed E-state index contributed by atoms with van der Waals surface area (Å²) in [5, 5.41) is 0. The fraction of sp³-hybridized carbons (Fsp3) is 0.400. The van der Waals surface area contributed by atoms with E-state index in [2.05, 4.69) is 4.72 Å². The molecule has 2 rings (SSSR count). The second kappa shape index (κ2) is 3.57. The molecule has 0 bridgehead atoms. The van der Waals surface area contributed by atoms with Crippen LogP contribution in [0.5, 0.6) is 0 Å². The Bertz CT molecular complexity index is 472. The number of halogens is 1. The van der Waals surface area contributed by atoms with Gasteiger partial charge in [0.25, 0.3) is 0 Å². The molecule has 1 aromatic rings. The molecular formula is C10H12FNO2S. The maximum absolute atomic E-state index is 13.3. The van der Waals surface area contributed by atoms with Crippen LogP contribution in [-0.2, 0) is 10.0 Å². The number of rotatable bonds is 3. The summed E-state index contributed by atoms with van der Waals surface area (Å²) in [7, 11) is -3.19. The Morgan fingerprint density at radius 3 is 2.67 bits per heavy atom. The molecule has 1 aliphatic carbocycles. The molecule has 82 valence electrons. The summed E-state index contributed by atoms with van der Waals surface area (Å²) in [5.74, 6) is -0.277. The Kier molecular flexibility index (Phi) is 2.52. The molecule has 0 aromatic heterocycles. The summed E-state index contributed by atoms with van der Waals surface area (Å²) < 4.78 is 37.7. The van der Waals surface area contributed by atoms with E-state index in [9.17, 15) is 12.8 Å². The zero-order chi connectivity index (χ0) is 11.1. The van der Waals surface area contributed by atoms with Gasteiger partial charge in [-0.15, -0.1) is 0 Å². The lowest BCUT2D eigenvalue weighted by Gasteiger charge is -2.02. The topological polar surface area (TPSA) is 46.2 Å². The predicted octanol–water partition coefficient (Wildman–Crippen LogP) is 1.23. The molecule has 0 aliphatic heterocycles. The number of nitrogens with one attached hydrogen (secondary N) is 1. The van der Waals surface area contributed by atoms with Gasteiger partial charge in [0, 0.05) is 12.0 Å². The van der Waals surface area contributed by atoms with Crippen molar-refractivity contribution >= 4 is 10.0 Å². The van der Waals surface area contributed by atoms with Crippen molar-refractivity contribution in [3.63, 3.8) is 0 Å². The van der Waals surface area contributed by atoms with E-state index < -0.39 is 10.0 Å². The van der Waals surface area contributed by atoms with Gasteiger partial charge in [0.15, 0.2) is 0 Å². The highest BCUT2D eigenvalue weighted by atomic mass is 32.2. The largest absolute Gasteiger partial charge is 0.213 e. The van der Waals surface area contributed by atoms with E-state index in [1.165, 1.54) is 6.07 Å². The molecule has 0 radical (unpaired) electrons. The van der Waals surface area contributed by atoms with Gasteiger partial charge in [0.1, 0.15) is 5.82 Å². The van der Waals surface area contributed by atoms with E-state index in [-0.39, 0.29) is 17.8 Å². The SMILES string of the molecule is CS(=O)(=O)N[C@@H]1C[C@H]1c1ccccc1F. The van der Waals surface area contributed by atoms with Gasteiger partial charge in [0.2, 0.25) is 10.0 Å². The number of sulfonamides is 1. The molecule has 1 saturated carbocycles. The lowest BCUT2D eigenvalue weighted by atomic mass is 10.1. The van der Waals surface area contributed by atoms with Crippen molar-refractivity contribution in [3.8, 4) is 0 Å². The van der Waals surface area contributed by atoms with Crippen LogP contribution in [0.15, 0.2) is 24.3 Å². The second-order valence-corrected chi connectivity index (χ2v) is 5.64. The molecule has 0 spiro atoms. The molecule has 1 N–H and O–H groups in total. The number of benzene rings is 1. The van der Waals surface area contributed by atoms with Crippen LogP contribution < -0.4 is 4.72 Å². The lowest BCUT2D eigenvalue weighted by molar-refractivity contribution is 0.583. The van der Waals surface area contributed by atoms with Crippen molar-refractivity contribution in [3.05, 3.63) is 35.6 Å². The third-order valence-electron chi connectivity index (χ3n) is 2.46. The standard InChI is InChI=1S/C10H12FNO2S/c1-15(13,14)12-10-6-8(10)7-4-2-3-5-9(7)11/h2-5,8,10,12H,6H2,1H3/t8-,10+/m0/s1. The molecule has 1 aliphatic rings. The predicted molar refractivity (Wildman–Crippen MR) is 55.5 cm³/mol. The molecule has 3 nitrogen and oxygen atoms in total. The lowest BCUT2D eigenvalue weighted by Crippen LogP contribution is -2.25. The summed E-state index contributed by atoms with van der Waals surface area (Å²) in [6.07, 6.45) is 1.79. The first kappa shape index (κ1) is 10.6. The molecule has 1 fully saturated rings. The van der Waals surface area contributed by atoms with Crippen LogP contribution in [0.2, 0.25) is 0 Å². The van der Waals surface area contributed by atoms with Crippen LogP contribution in [0, 0.1) is 5.82 Å². The first-order chi connectivity index (χ1) is 6.97. The second-order valence-electron chi connectivity index (χ2n) is 3.86. The van der Waals surface area contributed by atoms with Gasteiger partial charge in [0.05, 0.1) is 6.26 Å². The zero-order valence-electron chi connectivity index (χ0n) is 8.27. The molecule has 0 unspecified atom stereocenters. The van der Waals surface area contributed by atoms with Crippen molar-refractivity contribution in [2.75, 3.05) is 6.26 Å². The van der Waals surface area contributed by atoms with Gasteiger partial charge < -0.3 is 0 Å². The summed E-state index contributed by atoms with van der Waals surface area (Å²) in [5.41, 5.74) is 0.596. The minimum Gasteiger partial charge on any atom is -0.213 e. The maximum Gasteiger partial charge on any atom is 0.208 e. The molecule has 0 heterocycles. The highest BCUT2D eigenvalue weighted by Gasteiger charge is 2.41. The van der Waals surface area contributed by atoms with Crippen LogP contribution in [0.25, 0.3) is 0 Å². The van der Waals surface area contributed by atoms with Crippen LogP contribution in [-0.4, -0.2) is 20.7 Å². The zero-order valence-corrected chi connectivity index (χ0v) is 9.09. The summed E-state index contributed by atoms with van der Waals surface area (Å²) in [6.45, 7) is 0. The smallest absolute Gasteiger partial charge is 0.208 e. The summed E-state index contributed by atoms with van der Waals surface area (Å²) >= 11 is 0. The maximum atomic E-state index is 13.3. The molecule has 0 saturated heterocycles. The Labute approximate surface area is 88.4 Å². The van der Waals surface area contributed by atoms with Gasteiger partial charge >= 0.3 is 0 Å². The van der Waals surface area contributed by atoms with E-state index in [1.54, 1.807) is 18.2 Å². The first-order valence-corrected chi connectivity index (χ1v) is 6.58. The Hall–Kier alpha value is -0.940. The Morgan fingerprint density at radius 2 is 2.07 bits per heavy atom. The quantitative estimate of drug-likeness (QED) is 0.847. The highest BCUT2D eigenvalue weighted by Crippen LogP contribution is 2.42. The molecule has 2 atom stereocenters. The fourth-order valence-electron chi connectivity index (χ4n) is 1.72. The van der Waals surface area contributed by atoms with Gasteiger partial charge in [-0.05, 0) is 18.1 Å². The Balaban J connectivity index is 2.09. The van der Waals surface area contributed by atoms with E-state index in [0.29, 0.717) is 12.0 Å². The van der Waals surface area contributed by atoms with E-state index in [1.807, 2.05) is 0 Å². The average Bonchev–Trinajstić information content (AvgIpc) is 2.81. The minimum atomic E-state index is -3.19. The third-order valence-corrected chi connectivity index (χ3v) is 3.19. The molecule has 0 amide bonds. The van der Waals surface area contributed by atoms with Gasteiger partial charge in [-0.3, -0.25) is 0 Å². The van der Waals surface area contributed by atoms with Crippen molar-refractivity contribution in [2.45, 2.75) is 18.4 Å². The van der Waals surface area contributed by atoms with Crippen molar-refractivity contribution < 1.29 is 12.8 Å². The molecule has 5 heteroatoms. The van der Waals surface area contributed by atoms with Crippen LogP contribution in [0.1, 0.15) is 17.9 Å². The van der Waals surface area contributed by atoms with Gasteiger partial charge in [-0.1, -0.05) is 18.2 Å². The third kappa shape index (κ3) is 2.54. The van der Waals surface area contributed by atoms with Crippen molar-refractivity contribution in [2.24, 2.45) is 0 Å². The molecular weight excluding hydrogens is 217 g/mol. The number of hydrogen-bond acceptors (Lipinski definition) is 2. The molecule has 1 aromatic carbocycles. The highest BCUT2D eigenvalue weighted by molar-refractivity contribution is 7.88. The fourth-order valence-corrected chi connectivity index (χ4v) is 2.53. The minimum absolute atomic E-state index is 0.0130. The average molecular weight is 229 g/mol. The van der Waals surface area contributed by atoms with Gasteiger partial charge in [-0.25, -0.2) is 17.5 Å². The summed E-state index contributed by atoms with van der Waals surface area (Å²) in [6, 6.07) is 6.33. The Morgan fingerprint density at radius 1 is 1.40 bits per heavy atom. The van der Waals surface area contributed by atoms with Crippen LogP contribution >= 0.6 is 0 Å². The van der Waals surface area contributed by atoms with E-state index >= 15 is 0 Å². The monoisotopic (exact) mass is 229 g/mol. The van der Waals surface area contributed by atoms with Crippen LogP contribution in [0.4, 0.5) is 4.39 Å². The first-order valence-electron chi connectivity index (χ1n) is 4.69. The van der Waals surface area contributed by atoms with Crippen LogP contribution in [0.3, 0.4) is 0 Å². The van der Waals surface area contributed by atoms with E-state index in [0.717, 1.165) is 6.26 Å². The van der Waals surface area contributed by atoms with Gasteiger partial charge in [-0.2, -0.15) is 0 Å². The normalized spacial score (nSPS) is 25.2. The molecule has 15 heavy (non-hydrogen) atoms.